The average molecular weight is 523 g/mol. The number of halogens is 2. The lowest BCUT2D eigenvalue weighted by Gasteiger charge is -2.57. The van der Waals surface area contributed by atoms with Gasteiger partial charge in [0.1, 0.15) is 0 Å². The van der Waals surface area contributed by atoms with Crippen molar-refractivity contribution in [3.8, 4) is 0 Å². The highest BCUT2D eigenvalue weighted by molar-refractivity contribution is 14.1. The van der Waals surface area contributed by atoms with Gasteiger partial charge in [-0.1, -0.05) is 19.9 Å². The van der Waals surface area contributed by atoms with Crippen molar-refractivity contribution in [3.05, 3.63) is 18.9 Å². The summed E-state index contributed by atoms with van der Waals surface area (Å²) >= 11 is 5.10. The number of hydrogen-bond acceptors (Lipinski definition) is 1. The summed E-state index contributed by atoms with van der Waals surface area (Å²) < 4.78 is 3.01. The summed E-state index contributed by atoms with van der Waals surface area (Å²) in [7, 11) is 0. The zero-order valence-electron chi connectivity index (χ0n) is 13.2. The normalized spacial score (nSPS) is 47.4. The van der Waals surface area contributed by atoms with Gasteiger partial charge in [-0.3, -0.25) is 4.79 Å². The summed E-state index contributed by atoms with van der Waals surface area (Å²) in [6.45, 7) is 4.92. The number of rotatable bonds is 0. The number of carbonyl (C=O) groups is 1. The second-order valence-corrected chi connectivity index (χ2v) is 10.5. The first-order valence-electron chi connectivity index (χ1n) is 8.41. The van der Waals surface area contributed by atoms with E-state index < -0.39 is 0 Å². The van der Waals surface area contributed by atoms with E-state index in [1.807, 2.05) is 0 Å². The summed E-state index contributed by atoms with van der Waals surface area (Å²) in [6.07, 6.45) is 9.30. The molecule has 3 aliphatic carbocycles. The molecule has 1 aliphatic heterocycles. The number of nitrogens with one attached hydrogen (secondary N) is 1. The van der Waals surface area contributed by atoms with Crippen molar-refractivity contribution >= 4 is 51.1 Å². The molecule has 1 saturated heterocycles. The third kappa shape index (κ3) is 2.04. The molecule has 0 bridgehead atoms. The van der Waals surface area contributed by atoms with Crippen LogP contribution in [0.1, 0.15) is 52.4 Å². The van der Waals surface area contributed by atoms with Gasteiger partial charge in [0.05, 0.1) is 0 Å². The molecule has 1 amide bonds. The molecular weight excluding hydrogens is 500 g/mol. The van der Waals surface area contributed by atoms with E-state index in [0.29, 0.717) is 11.8 Å². The maximum atomic E-state index is 11.9. The van der Waals surface area contributed by atoms with Gasteiger partial charge in [0, 0.05) is 26.5 Å². The van der Waals surface area contributed by atoms with E-state index in [9.17, 15) is 4.79 Å². The zero-order valence-corrected chi connectivity index (χ0v) is 17.5. The van der Waals surface area contributed by atoms with E-state index in [4.69, 9.17) is 0 Å². The number of hydrogen-bond donors (Lipinski definition) is 1. The summed E-state index contributed by atoms with van der Waals surface area (Å²) in [5.74, 6) is 2.56. The quantitative estimate of drug-likeness (QED) is 0.428. The molecule has 0 aromatic heterocycles. The van der Waals surface area contributed by atoms with Gasteiger partial charge >= 0.3 is 0 Å². The van der Waals surface area contributed by atoms with E-state index in [0.717, 1.165) is 24.2 Å². The minimum Gasteiger partial charge on any atom is -0.328 e. The highest BCUT2D eigenvalue weighted by Crippen LogP contribution is 2.66. The van der Waals surface area contributed by atoms with Crippen molar-refractivity contribution in [2.24, 2.45) is 28.6 Å². The molecule has 0 aromatic rings. The first-order valence-corrected chi connectivity index (χ1v) is 10.6. The van der Waals surface area contributed by atoms with Gasteiger partial charge in [0.15, 0.2) is 0 Å². The van der Waals surface area contributed by atoms with Gasteiger partial charge < -0.3 is 5.32 Å². The fourth-order valence-corrected chi connectivity index (χ4v) is 7.96. The van der Waals surface area contributed by atoms with Crippen molar-refractivity contribution in [2.75, 3.05) is 0 Å². The van der Waals surface area contributed by atoms with Crippen molar-refractivity contribution in [2.45, 2.75) is 52.4 Å². The molecule has 2 fully saturated rings. The number of carbonyl (C=O) groups excluding carboxylic acids is 1. The Morgan fingerprint density at radius 3 is 2.73 bits per heavy atom. The highest BCUT2D eigenvalue weighted by atomic mass is 127. The van der Waals surface area contributed by atoms with Crippen LogP contribution < -0.4 is 5.32 Å². The average Bonchev–Trinajstić information content (AvgIpc) is 2.77. The topological polar surface area (TPSA) is 29.1 Å². The van der Waals surface area contributed by atoms with E-state index in [-0.39, 0.29) is 11.3 Å². The Morgan fingerprint density at radius 2 is 1.95 bits per heavy atom. The van der Waals surface area contributed by atoms with E-state index >= 15 is 0 Å². The monoisotopic (exact) mass is 523 g/mol. The molecule has 1 saturated carbocycles. The van der Waals surface area contributed by atoms with E-state index in [1.165, 1.54) is 35.0 Å². The van der Waals surface area contributed by atoms with Crippen molar-refractivity contribution < 1.29 is 4.79 Å². The molecule has 0 unspecified atom stereocenters. The molecular formula is C18H23I2NO. The summed E-state index contributed by atoms with van der Waals surface area (Å²) in [6, 6.07) is 0. The van der Waals surface area contributed by atoms with Crippen LogP contribution in [0.5, 0.6) is 0 Å². The molecule has 0 aromatic carbocycles. The van der Waals surface area contributed by atoms with Gasteiger partial charge in [-0.05, 0) is 98.6 Å². The largest absolute Gasteiger partial charge is 0.328 e. The Morgan fingerprint density at radius 1 is 1.18 bits per heavy atom. The van der Waals surface area contributed by atoms with Crippen LogP contribution in [-0.2, 0) is 4.79 Å². The molecule has 2 nitrogen and oxygen atoms in total. The summed E-state index contributed by atoms with van der Waals surface area (Å²) in [5.41, 5.74) is 1.89. The molecule has 1 heterocycles. The molecule has 5 atom stereocenters. The Balaban J connectivity index is 1.75. The highest BCUT2D eigenvalue weighted by Gasteiger charge is 2.57. The fraction of sp³-hybridized carbons (Fsp3) is 0.722. The SMILES string of the molecule is C[C@]12CCC(=O)NC1=C(I)C[C@@H]1[C@@H]2CC[C@]2(C)C(I)=CC[C@@H]12. The standard InChI is InChI=1S/C18H23I2NO/c1-17-7-5-12-10(11(17)3-4-14(17)20)9-13(19)16-18(12,2)8-6-15(22)21-16/h4,10-12H,3,5-9H2,1-2H3,(H,21,22)/t10-,11-,12-,17-,18+/m0/s1. The second-order valence-electron chi connectivity index (χ2n) is 8.07. The van der Waals surface area contributed by atoms with Crippen LogP contribution in [0.25, 0.3) is 0 Å². The maximum absolute atomic E-state index is 11.9. The van der Waals surface area contributed by atoms with Crippen molar-refractivity contribution in [1.82, 2.24) is 5.32 Å². The fourth-order valence-electron chi connectivity index (χ4n) is 5.78. The number of piperidine rings is 1. The van der Waals surface area contributed by atoms with Gasteiger partial charge in [-0.15, -0.1) is 0 Å². The Kier molecular flexibility index (Phi) is 3.76. The lowest BCUT2D eigenvalue weighted by atomic mass is 9.50. The van der Waals surface area contributed by atoms with Crippen molar-refractivity contribution in [1.29, 1.82) is 0 Å². The van der Waals surface area contributed by atoms with E-state index in [1.54, 1.807) is 3.58 Å². The first-order chi connectivity index (χ1) is 10.4. The molecule has 120 valence electrons. The minimum atomic E-state index is 0.197. The van der Waals surface area contributed by atoms with Crippen LogP contribution >= 0.6 is 45.2 Å². The Hall–Kier alpha value is 0.410. The van der Waals surface area contributed by atoms with Crippen LogP contribution in [0.4, 0.5) is 0 Å². The maximum Gasteiger partial charge on any atom is 0.224 e. The third-order valence-electron chi connectivity index (χ3n) is 7.13. The predicted molar refractivity (Wildman–Crippen MR) is 106 cm³/mol. The first kappa shape index (κ1) is 15.9. The molecule has 1 N–H and O–H groups in total. The van der Waals surface area contributed by atoms with Crippen LogP contribution in [0.2, 0.25) is 0 Å². The Labute approximate surface area is 160 Å². The number of fused-ring (bicyclic) bond motifs is 5. The van der Waals surface area contributed by atoms with Crippen LogP contribution in [0.3, 0.4) is 0 Å². The van der Waals surface area contributed by atoms with E-state index in [2.05, 4.69) is 70.4 Å². The molecule has 4 rings (SSSR count). The van der Waals surface area contributed by atoms with Gasteiger partial charge in [-0.2, -0.15) is 0 Å². The molecule has 4 heteroatoms. The van der Waals surface area contributed by atoms with Crippen LogP contribution in [0, 0.1) is 28.6 Å². The second kappa shape index (κ2) is 5.20. The van der Waals surface area contributed by atoms with Gasteiger partial charge in [-0.25, -0.2) is 0 Å². The Bertz CT molecular complexity index is 610. The van der Waals surface area contributed by atoms with Crippen LogP contribution in [-0.4, -0.2) is 5.91 Å². The summed E-state index contributed by atoms with van der Waals surface area (Å²) in [4.78, 5) is 11.9. The van der Waals surface area contributed by atoms with Crippen molar-refractivity contribution in [3.63, 3.8) is 0 Å². The molecule has 22 heavy (non-hydrogen) atoms. The molecule has 0 spiro atoms. The van der Waals surface area contributed by atoms with Gasteiger partial charge in [0.25, 0.3) is 0 Å². The molecule has 4 aliphatic rings. The zero-order chi connectivity index (χ0) is 15.7. The number of allylic oxidation sites excluding steroid dienone is 4. The van der Waals surface area contributed by atoms with Crippen LogP contribution in [0.15, 0.2) is 18.9 Å². The smallest absolute Gasteiger partial charge is 0.224 e. The lowest BCUT2D eigenvalue weighted by molar-refractivity contribution is -0.124. The van der Waals surface area contributed by atoms with Gasteiger partial charge in [0.2, 0.25) is 5.91 Å². The number of amides is 1. The summed E-state index contributed by atoms with van der Waals surface area (Å²) in [5, 5.41) is 3.24. The lowest BCUT2D eigenvalue weighted by Crippen LogP contribution is -2.53. The predicted octanol–water partition coefficient (Wildman–Crippen LogP) is 5.32. The minimum absolute atomic E-state index is 0.197. The molecule has 0 radical (unpaired) electrons. The third-order valence-corrected chi connectivity index (χ3v) is 9.79.